The van der Waals surface area contributed by atoms with Gasteiger partial charge in [0.2, 0.25) is 5.13 Å². The van der Waals surface area contributed by atoms with Gasteiger partial charge in [0, 0.05) is 17.7 Å². The van der Waals surface area contributed by atoms with Gasteiger partial charge in [-0.1, -0.05) is 72.2 Å². The van der Waals surface area contributed by atoms with Crippen molar-refractivity contribution in [1.29, 1.82) is 0 Å². The summed E-state index contributed by atoms with van der Waals surface area (Å²) in [5.74, 6) is 0.422. The predicted molar refractivity (Wildman–Crippen MR) is 174 cm³/mol. The fourth-order valence-electron chi connectivity index (χ4n) is 5.38. The molecule has 4 aromatic rings. The minimum absolute atomic E-state index is 0.00754. The van der Waals surface area contributed by atoms with Gasteiger partial charge < -0.3 is 19.3 Å². The van der Waals surface area contributed by atoms with Crippen LogP contribution in [0.4, 0.5) is 5.13 Å². The molecule has 6 rings (SSSR count). The van der Waals surface area contributed by atoms with Crippen LogP contribution in [0.1, 0.15) is 42.1 Å². The molecule has 0 radical (unpaired) electrons. The van der Waals surface area contributed by atoms with Crippen LogP contribution in [0.5, 0.6) is 17.2 Å². The van der Waals surface area contributed by atoms with Crippen molar-refractivity contribution in [2.75, 3.05) is 18.1 Å². The number of anilines is 1. The number of nitrogens with zero attached hydrogens (tertiary/aromatic N) is 3. The van der Waals surface area contributed by atoms with Crippen molar-refractivity contribution in [2.24, 2.45) is 0 Å². The van der Waals surface area contributed by atoms with Crippen LogP contribution < -0.4 is 19.1 Å². The number of aliphatic hydroxyl groups excluding tert-OH is 1. The number of Topliss-reactive ketones (excluding diaryl/α,β-unsaturated/α-hetero) is 1. The fourth-order valence-corrected chi connectivity index (χ4v) is 7.20. The molecular formula is C34H31N3O6S2. The highest BCUT2D eigenvalue weighted by Gasteiger charge is 2.48. The largest absolute Gasteiger partial charge is 0.507 e. The maximum absolute atomic E-state index is 13.8. The second kappa shape index (κ2) is 13.2. The maximum Gasteiger partial charge on any atom is 0.301 e. The number of carbonyl (C=O) groups is 2. The van der Waals surface area contributed by atoms with Gasteiger partial charge in [-0.05, 0) is 60.9 Å². The van der Waals surface area contributed by atoms with Gasteiger partial charge in [0.25, 0.3) is 5.78 Å². The quantitative estimate of drug-likeness (QED) is 0.0475. The standard InChI is InChI=1S/C34H31N3O6S2/c1-4-15-42-26-14-11-22(18-27(26)41-5-2)29-28(30(38)23-12-13-25-24(17-23)16-20(3)43-25)31(39)32(40)37(29)33-35-36-34(45-33)44-19-21-9-7-6-8-10-21/h4,6-14,17-18,20,29,38H,1,5,15-16,19H2,2-3H3/b30-28+/t20-,29-/m0/s1. The molecule has 1 N–H and O–H groups in total. The number of hydrogen-bond donors (Lipinski definition) is 1. The van der Waals surface area contributed by atoms with Gasteiger partial charge in [0.1, 0.15) is 24.2 Å². The molecular weight excluding hydrogens is 611 g/mol. The average molecular weight is 642 g/mol. The van der Waals surface area contributed by atoms with Crippen molar-refractivity contribution >= 4 is 45.7 Å². The molecule has 0 aliphatic carbocycles. The van der Waals surface area contributed by atoms with Gasteiger partial charge in [-0.25, -0.2) is 0 Å². The fraction of sp³-hybridized carbons (Fsp3) is 0.235. The number of hydrogen-bond acceptors (Lipinski definition) is 10. The molecule has 0 bridgehead atoms. The number of ketones is 1. The third-order valence-corrected chi connectivity index (χ3v) is 9.49. The summed E-state index contributed by atoms with van der Waals surface area (Å²) in [7, 11) is 0. The molecule has 1 fully saturated rings. The van der Waals surface area contributed by atoms with Crippen LogP contribution in [0, 0.1) is 0 Å². The van der Waals surface area contributed by atoms with Gasteiger partial charge in [-0.15, -0.1) is 10.2 Å². The Labute approximate surface area is 269 Å². The highest BCUT2D eigenvalue weighted by atomic mass is 32.2. The lowest BCUT2D eigenvalue weighted by molar-refractivity contribution is -0.132. The molecule has 9 nitrogen and oxygen atoms in total. The Kier molecular flexibility index (Phi) is 8.90. The minimum Gasteiger partial charge on any atom is -0.507 e. The van der Waals surface area contributed by atoms with Crippen molar-refractivity contribution < 1.29 is 28.9 Å². The normalized spacial score (nSPS) is 18.5. The SMILES string of the molecule is C=CCOc1ccc([C@H]2/C(=C(\O)c3ccc4c(c3)C[C@H](C)O4)C(=O)C(=O)N2c2nnc(SCc3ccccc3)s2)cc1OCC. The number of amides is 1. The minimum atomic E-state index is -0.999. The average Bonchev–Trinajstić information content (AvgIpc) is 3.74. The molecule has 2 aliphatic heterocycles. The first-order chi connectivity index (χ1) is 21.9. The number of carbonyl (C=O) groups excluding carboxylic acids is 2. The Morgan fingerprint density at radius 2 is 1.93 bits per heavy atom. The van der Waals surface area contributed by atoms with Crippen LogP contribution >= 0.6 is 23.1 Å². The summed E-state index contributed by atoms with van der Waals surface area (Å²) in [6.07, 6.45) is 2.31. The molecule has 0 spiro atoms. The molecule has 1 aromatic heterocycles. The molecule has 3 heterocycles. The predicted octanol–water partition coefficient (Wildman–Crippen LogP) is 6.74. The Hall–Kier alpha value is -4.61. The lowest BCUT2D eigenvalue weighted by Gasteiger charge is -2.23. The lowest BCUT2D eigenvalue weighted by atomic mass is 9.94. The van der Waals surface area contributed by atoms with Gasteiger partial charge in [-0.2, -0.15) is 0 Å². The molecule has 1 amide bonds. The number of aliphatic hydroxyl groups is 1. The Balaban J connectivity index is 1.43. The highest BCUT2D eigenvalue weighted by molar-refractivity contribution is 8.00. The molecule has 0 unspecified atom stereocenters. The molecule has 3 aromatic carbocycles. The molecule has 11 heteroatoms. The molecule has 45 heavy (non-hydrogen) atoms. The van der Waals surface area contributed by atoms with Crippen LogP contribution in [0.15, 0.2) is 89.3 Å². The van der Waals surface area contributed by atoms with E-state index < -0.39 is 17.7 Å². The van der Waals surface area contributed by atoms with Gasteiger partial charge in [0.15, 0.2) is 15.8 Å². The number of benzene rings is 3. The second-order valence-electron chi connectivity index (χ2n) is 10.5. The van der Waals surface area contributed by atoms with Crippen molar-refractivity contribution in [2.45, 2.75) is 42.5 Å². The van der Waals surface area contributed by atoms with E-state index in [1.807, 2.05) is 44.2 Å². The van der Waals surface area contributed by atoms with Crippen LogP contribution in [0.25, 0.3) is 5.76 Å². The lowest BCUT2D eigenvalue weighted by Crippen LogP contribution is -2.29. The monoisotopic (exact) mass is 641 g/mol. The Morgan fingerprint density at radius 3 is 2.71 bits per heavy atom. The van der Waals surface area contributed by atoms with Crippen molar-refractivity contribution in [1.82, 2.24) is 10.2 Å². The van der Waals surface area contributed by atoms with E-state index in [-0.39, 0.29) is 29.2 Å². The Morgan fingerprint density at radius 1 is 1.11 bits per heavy atom. The third kappa shape index (κ3) is 6.18. The van der Waals surface area contributed by atoms with E-state index in [1.54, 1.807) is 42.5 Å². The molecule has 1 saturated heterocycles. The Bertz CT molecular complexity index is 1790. The van der Waals surface area contributed by atoms with E-state index in [0.717, 1.165) is 16.9 Å². The first-order valence-corrected chi connectivity index (χ1v) is 16.3. The van der Waals surface area contributed by atoms with E-state index in [1.165, 1.54) is 28.0 Å². The number of thioether (sulfide) groups is 1. The van der Waals surface area contributed by atoms with Gasteiger partial charge in [-0.3, -0.25) is 14.5 Å². The van der Waals surface area contributed by atoms with Crippen LogP contribution in [-0.4, -0.2) is 46.3 Å². The third-order valence-electron chi connectivity index (χ3n) is 7.36. The highest BCUT2D eigenvalue weighted by Crippen LogP contribution is 2.46. The van der Waals surface area contributed by atoms with Crippen molar-refractivity contribution in [3.8, 4) is 17.2 Å². The maximum atomic E-state index is 13.8. The summed E-state index contributed by atoms with van der Waals surface area (Å²) in [6, 6.07) is 19.4. The summed E-state index contributed by atoms with van der Waals surface area (Å²) in [4.78, 5) is 28.8. The number of fused-ring (bicyclic) bond motifs is 1. The molecule has 2 atom stereocenters. The molecule has 230 valence electrons. The summed E-state index contributed by atoms with van der Waals surface area (Å²) < 4.78 is 18.1. The topological polar surface area (TPSA) is 111 Å². The van der Waals surface area contributed by atoms with Gasteiger partial charge in [0.05, 0.1) is 18.2 Å². The van der Waals surface area contributed by atoms with Crippen LogP contribution in [0.2, 0.25) is 0 Å². The molecule has 2 aliphatic rings. The zero-order chi connectivity index (χ0) is 31.5. The first kappa shape index (κ1) is 30.4. The first-order valence-electron chi connectivity index (χ1n) is 14.5. The van der Waals surface area contributed by atoms with Crippen molar-refractivity contribution in [3.05, 3.63) is 107 Å². The van der Waals surface area contributed by atoms with E-state index in [2.05, 4.69) is 16.8 Å². The van der Waals surface area contributed by atoms with Crippen LogP contribution in [0.3, 0.4) is 0 Å². The zero-order valence-corrected chi connectivity index (χ0v) is 26.4. The number of ether oxygens (including phenoxy) is 3. The van der Waals surface area contributed by atoms with E-state index in [9.17, 15) is 14.7 Å². The van der Waals surface area contributed by atoms with Crippen LogP contribution in [-0.2, 0) is 21.8 Å². The second-order valence-corrected chi connectivity index (χ2v) is 12.7. The van der Waals surface area contributed by atoms with Gasteiger partial charge >= 0.3 is 5.91 Å². The summed E-state index contributed by atoms with van der Waals surface area (Å²) >= 11 is 2.70. The number of rotatable bonds is 11. The van der Waals surface area contributed by atoms with E-state index in [4.69, 9.17) is 14.2 Å². The zero-order valence-electron chi connectivity index (χ0n) is 24.8. The summed E-state index contributed by atoms with van der Waals surface area (Å²) in [6.45, 7) is 8.16. The summed E-state index contributed by atoms with van der Waals surface area (Å²) in [5, 5.41) is 20.6. The van der Waals surface area contributed by atoms with Crippen molar-refractivity contribution in [3.63, 3.8) is 0 Å². The van der Waals surface area contributed by atoms with E-state index >= 15 is 0 Å². The summed E-state index contributed by atoms with van der Waals surface area (Å²) in [5.41, 5.74) is 2.95. The molecule has 0 saturated carbocycles. The van der Waals surface area contributed by atoms with E-state index in [0.29, 0.717) is 45.7 Å². The smallest absolute Gasteiger partial charge is 0.301 e. The number of aromatic nitrogens is 2.